The number of carbonyl (C=O) groups excluding carboxylic acids is 2. The molecule has 1 saturated heterocycles. The van der Waals surface area contributed by atoms with E-state index in [1.165, 1.54) is 17.1 Å². The van der Waals surface area contributed by atoms with Gasteiger partial charge in [0.15, 0.2) is 6.23 Å². The number of phosphoric ester groups is 1. The van der Waals surface area contributed by atoms with E-state index in [0.717, 1.165) is 12.8 Å². The third-order valence-corrected chi connectivity index (χ3v) is 12.4. The first-order chi connectivity index (χ1) is 30.4. The Bertz CT molecular complexity index is 2400. The van der Waals surface area contributed by atoms with Crippen LogP contribution in [0.15, 0.2) is 47.0 Å². The van der Waals surface area contributed by atoms with Crippen molar-refractivity contribution in [1.82, 2.24) is 25.2 Å². The molecule has 2 aromatic heterocycles. The predicted octanol–water partition coefficient (Wildman–Crippen LogP) is 3.77. The van der Waals surface area contributed by atoms with Gasteiger partial charge in [-0.25, -0.2) is 23.4 Å². The van der Waals surface area contributed by atoms with Gasteiger partial charge in [0.05, 0.1) is 43.4 Å². The molecule has 0 bridgehead atoms. The second-order valence-electron chi connectivity index (χ2n) is 13.1. The number of ether oxygens (including phenoxy) is 5. The molecule has 1 aliphatic heterocycles. The maximum Gasteiger partial charge on any atom is 0.488 e. The van der Waals surface area contributed by atoms with E-state index >= 15 is 0 Å². The number of nitrogens with one attached hydrogen (secondary N) is 2. The zero-order valence-corrected chi connectivity index (χ0v) is 36.8. The Kier molecular flexibility index (Phi) is 19.9. The summed E-state index contributed by atoms with van der Waals surface area (Å²) in [5.41, 5.74) is 24.8. The number of nitrogens with two attached hydrogens (primary N) is 1. The zero-order valence-electron chi connectivity index (χ0n) is 34.1. The third-order valence-electron chi connectivity index (χ3n) is 8.26. The van der Waals surface area contributed by atoms with E-state index in [2.05, 4.69) is 61.1 Å². The molecule has 0 spiro atoms. The molecule has 2 amide bonds. The monoisotopic (exact) mass is 958 g/mol. The Morgan fingerprint density at radius 1 is 1.12 bits per heavy atom. The number of anilines is 1. The van der Waals surface area contributed by atoms with E-state index < -0.39 is 67.1 Å². The summed E-state index contributed by atoms with van der Waals surface area (Å²) in [4.78, 5) is 67.3. The van der Waals surface area contributed by atoms with Gasteiger partial charge in [0.1, 0.15) is 55.8 Å². The largest absolute Gasteiger partial charge is 0.491 e. The van der Waals surface area contributed by atoms with E-state index in [1.54, 1.807) is 24.3 Å². The Balaban J connectivity index is 1.29. The van der Waals surface area contributed by atoms with E-state index in [1.807, 2.05) is 6.92 Å². The van der Waals surface area contributed by atoms with E-state index in [4.69, 9.17) is 45.0 Å². The number of nitrogens with zero attached hydrogens (tertiary/aromatic N) is 9. The van der Waals surface area contributed by atoms with Gasteiger partial charge in [0.25, 0.3) is 5.91 Å². The molecular weight excluding hydrogens is 913 g/mol. The van der Waals surface area contributed by atoms with Crippen molar-refractivity contribution in [3.8, 4) is 17.6 Å². The van der Waals surface area contributed by atoms with Gasteiger partial charge in [-0.3, -0.25) is 18.7 Å². The van der Waals surface area contributed by atoms with Crippen LogP contribution < -0.4 is 21.1 Å². The van der Waals surface area contributed by atoms with Crippen molar-refractivity contribution in [2.75, 3.05) is 65.3 Å². The first-order valence-electron chi connectivity index (χ1n) is 18.9. The molecule has 4 rings (SSSR count). The normalized spacial score (nSPS) is 19.0. The molecular formula is C33H45N12O16P3. The van der Waals surface area contributed by atoms with Crippen LogP contribution in [0.25, 0.3) is 31.9 Å². The van der Waals surface area contributed by atoms with Crippen molar-refractivity contribution in [1.29, 1.82) is 0 Å². The fourth-order valence-corrected chi connectivity index (χ4v) is 9.08. The lowest BCUT2D eigenvalue weighted by Crippen LogP contribution is -2.29. The quantitative estimate of drug-likeness (QED) is 0.0166. The molecule has 28 nitrogen and oxygen atoms in total. The summed E-state index contributed by atoms with van der Waals surface area (Å²) in [5, 5.41) is 12.6. The molecule has 7 N–H and O–H groups in total. The van der Waals surface area contributed by atoms with Crippen LogP contribution >= 0.6 is 23.2 Å². The van der Waals surface area contributed by atoms with Crippen molar-refractivity contribution >= 4 is 51.9 Å². The second kappa shape index (κ2) is 24.8. The van der Waals surface area contributed by atoms with Crippen LogP contribution in [0, 0.1) is 11.8 Å². The maximum atomic E-state index is 12.4. The Morgan fingerprint density at radius 3 is 2.66 bits per heavy atom. The van der Waals surface area contributed by atoms with Gasteiger partial charge in [-0.15, -0.1) is 0 Å². The molecule has 1 fully saturated rings. The van der Waals surface area contributed by atoms with Gasteiger partial charge in [0.2, 0.25) is 5.91 Å². The minimum Gasteiger partial charge on any atom is -0.491 e. The minimum absolute atomic E-state index is 0.00660. The number of amides is 2. The molecule has 0 aliphatic carbocycles. The number of hydrogen-bond donors (Lipinski definition) is 6. The van der Waals surface area contributed by atoms with Gasteiger partial charge < -0.3 is 59.3 Å². The molecule has 348 valence electrons. The highest BCUT2D eigenvalue weighted by atomic mass is 31.3. The summed E-state index contributed by atoms with van der Waals surface area (Å²) < 4.78 is 78.3. The van der Waals surface area contributed by atoms with Crippen LogP contribution in [-0.4, -0.2) is 119 Å². The molecule has 1 aliphatic rings. The van der Waals surface area contributed by atoms with Crippen LogP contribution in [0.5, 0.6) is 5.75 Å². The third kappa shape index (κ3) is 17.1. The maximum absolute atomic E-state index is 12.4. The summed E-state index contributed by atoms with van der Waals surface area (Å²) in [5.74, 6) is 5.34. The Labute approximate surface area is 364 Å². The zero-order chi connectivity index (χ0) is 46.8. The van der Waals surface area contributed by atoms with E-state index in [-0.39, 0.29) is 56.8 Å². The minimum atomic E-state index is -5.55. The lowest BCUT2D eigenvalue weighted by molar-refractivity contribution is -0.126. The lowest BCUT2D eigenvalue weighted by atomic mass is 10.2. The molecule has 0 saturated carbocycles. The lowest BCUT2D eigenvalue weighted by Gasteiger charge is -2.21. The number of fused-ring (bicyclic) bond motifs is 1. The topological polar surface area (TPSA) is 398 Å². The molecule has 31 heteroatoms. The van der Waals surface area contributed by atoms with Crippen LogP contribution in [0.1, 0.15) is 48.3 Å². The molecule has 3 heterocycles. The molecule has 1 aromatic carbocycles. The van der Waals surface area contributed by atoms with Gasteiger partial charge >= 0.3 is 23.2 Å². The molecule has 7 atom stereocenters. The van der Waals surface area contributed by atoms with Crippen molar-refractivity contribution < 1.29 is 74.8 Å². The fourth-order valence-electron chi connectivity index (χ4n) is 5.59. The predicted molar refractivity (Wildman–Crippen MR) is 222 cm³/mol. The van der Waals surface area contributed by atoms with Crippen LogP contribution in [0.4, 0.5) is 5.82 Å². The van der Waals surface area contributed by atoms with Crippen LogP contribution in [0.3, 0.4) is 0 Å². The average Bonchev–Trinajstić information content (AvgIpc) is 3.81. The van der Waals surface area contributed by atoms with E-state index in [0.29, 0.717) is 35.5 Å². The number of phosphoric acid groups is 2. The highest BCUT2D eigenvalue weighted by Gasteiger charge is 2.43. The summed E-state index contributed by atoms with van der Waals surface area (Å²) in [6.45, 7) is 1.07. The number of rotatable bonds is 26. The first kappa shape index (κ1) is 51.5. The van der Waals surface area contributed by atoms with Crippen LogP contribution in [0.2, 0.25) is 0 Å². The second-order valence-corrected chi connectivity index (χ2v) is 18.2. The van der Waals surface area contributed by atoms with Crippen molar-refractivity contribution in [2.45, 2.75) is 50.8 Å². The van der Waals surface area contributed by atoms with Gasteiger partial charge in [-0.2, -0.15) is 4.31 Å². The molecule has 64 heavy (non-hydrogen) atoms. The number of unbranched alkanes of at least 4 members (excludes halogenated alkanes) is 1. The standard InChI is InChI=1S/C33H45N12O16P3/c1-3-4-10-38-33(47)22-7-5-9-24(14-22)56-19-28(42-44-36)55-13-12-54-18-27(46)37-11-6-8-23-16-45(32-30(23)31(34)39-20-40-32)29-15-25(57-21-41-43-35)26(59-29)17-58-63(50,51)61-64(52,53)60-62(2,48)49/h5,7,9,14,16,20,25-26,28-29H,3-4,10-13,15,17-19,21H2,1-2H3,(H,37,46)(H,38,47)(H,48,49)(H,50,51)(H,52,53)(H2,34,39,40)/t25-,26-,28?,29-/m1/s1. The summed E-state index contributed by atoms with van der Waals surface area (Å²) in [7, 11) is -15.6. The number of carbonyl (C=O) groups is 2. The molecule has 3 aromatic rings. The summed E-state index contributed by atoms with van der Waals surface area (Å²) in [6.07, 6.45) is 0.306. The highest BCUT2D eigenvalue weighted by molar-refractivity contribution is 7.68. The Morgan fingerprint density at radius 2 is 1.92 bits per heavy atom. The number of benzene rings is 1. The van der Waals surface area contributed by atoms with Crippen LogP contribution in [-0.2, 0) is 50.6 Å². The van der Waals surface area contributed by atoms with Gasteiger partial charge in [0, 0.05) is 41.2 Å². The number of aromatic nitrogens is 3. The number of nitrogen functional groups attached to an aromatic ring is 1. The highest BCUT2D eigenvalue weighted by Crippen LogP contribution is 2.66. The van der Waals surface area contributed by atoms with Crippen molar-refractivity contribution in [3.63, 3.8) is 0 Å². The average molecular weight is 959 g/mol. The SMILES string of the molecule is CCCCNC(=O)c1cccc(OCC(N=[N+]=[N-])OCCOCC(=O)NCC#Cc2cn([C@H]3C[C@@H](OCN=[N+]=[N-])[C@@H](COP(=O)(O)OP(=O)(O)OP(C)(=O)O)O3)c3ncnc(N)c23)c1. The molecule has 0 radical (unpaired) electrons. The van der Waals surface area contributed by atoms with Crippen molar-refractivity contribution in [3.05, 3.63) is 68.8 Å². The summed E-state index contributed by atoms with van der Waals surface area (Å²) in [6, 6.07) is 6.50. The van der Waals surface area contributed by atoms with Gasteiger partial charge in [-0.05, 0) is 35.7 Å². The smallest absolute Gasteiger partial charge is 0.488 e. The number of hydrogen-bond acceptors (Lipinski definition) is 18. The van der Waals surface area contributed by atoms with E-state index in [9.17, 15) is 38.0 Å². The number of azide groups is 2. The van der Waals surface area contributed by atoms with Gasteiger partial charge in [-0.1, -0.05) is 41.5 Å². The Hall–Kier alpha value is -5.15. The first-order valence-corrected chi connectivity index (χ1v) is 23.9. The van der Waals surface area contributed by atoms with Crippen molar-refractivity contribution in [2.24, 2.45) is 10.2 Å². The fraction of sp³-hybridized carbons (Fsp3) is 0.515. The molecule has 4 unspecified atom stereocenters. The summed E-state index contributed by atoms with van der Waals surface area (Å²) >= 11 is 0.